The summed E-state index contributed by atoms with van der Waals surface area (Å²) >= 11 is 7.39. The smallest absolute Gasteiger partial charge is 0.230 e. The van der Waals surface area contributed by atoms with Crippen LogP contribution in [0.25, 0.3) is 0 Å². The van der Waals surface area contributed by atoms with E-state index in [0.29, 0.717) is 33.3 Å². The van der Waals surface area contributed by atoms with E-state index in [4.69, 9.17) is 16.6 Å². The number of nitrogens with zero attached hydrogens (tertiary/aromatic N) is 4. The number of halogens is 1. The molecule has 3 heterocycles. The van der Waals surface area contributed by atoms with Gasteiger partial charge in [0.25, 0.3) is 0 Å². The molecular weight excluding hydrogens is 530 g/mol. The van der Waals surface area contributed by atoms with Crippen molar-refractivity contribution in [2.24, 2.45) is 5.92 Å². The van der Waals surface area contributed by atoms with E-state index in [-0.39, 0.29) is 24.1 Å². The largest absolute Gasteiger partial charge is 0.302 e. The molecule has 1 fully saturated rings. The second kappa shape index (κ2) is 11.1. The second-order valence-electron chi connectivity index (χ2n) is 9.75. The number of rotatable bonds is 10. The minimum Gasteiger partial charge on any atom is -0.302 e. The molecule has 1 aromatic carbocycles. The highest BCUT2D eigenvalue weighted by Crippen LogP contribution is 2.40. The second-order valence-corrected chi connectivity index (χ2v) is 13.4. The summed E-state index contributed by atoms with van der Waals surface area (Å²) in [5, 5.41) is 4.02. The zero-order valence-electron chi connectivity index (χ0n) is 20.7. The molecule has 0 spiro atoms. The molecule has 2 aliphatic rings. The number of hydrogen-bond donors (Lipinski definition) is 1. The molecule has 1 aliphatic carbocycles. The maximum absolute atomic E-state index is 12.7. The highest BCUT2D eigenvalue weighted by molar-refractivity contribution is 7.91. The van der Waals surface area contributed by atoms with Gasteiger partial charge in [-0.15, -0.1) is 11.3 Å². The molecule has 1 aliphatic heterocycles. The summed E-state index contributed by atoms with van der Waals surface area (Å²) in [5.41, 5.74) is 1.76. The maximum Gasteiger partial charge on any atom is 0.230 e. The number of sulfone groups is 1. The van der Waals surface area contributed by atoms with Gasteiger partial charge in [-0.3, -0.25) is 9.69 Å². The van der Waals surface area contributed by atoms with E-state index < -0.39 is 9.84 Å². The Morgan fingerprint density at radius 2 is 1.92 bits per heavy atom. The molecule has 37 heavy (non-hydrogen) atoms. The van der Waals surface area contributed by atoms with Crippen LogP contribution in [0, 0.1) is 5.92 Å². The van der Waals surface area contributed by atoms with Gasteiger partial charge in [-0.05, 0) is 36.5 Å². The predicted octanol–water partition coefficient (Wildman–Crippen LogP) is 5.20. The molecular formula is C26H30ClN5O3S2. The Kier molecular flexibility index (Phi) is 7.90. The number of hydrogen-bond acceptors (Lipinski definition) is 8. The van der Waals surface area contributed by atoms with E-state index >= 15 is 0 Å². The van der Waals surface area contributed by atoms with Gasteiger partial charge in [0.2, 0.25) is 5.91 Å². The van der Waals surface area contributed by atoms with Crippen molar-refractivity contribution in [3.63, 3.8) is 0 Å². The summed E-state index contributed by atoms with van der Waals surface area (Å²) in [6, 6.07) is 6.81. The Balaban J connectivity index is 1.16. The number of carbonyl (C=O) groups is 1. The summed E-state index contributed by atoms with van der Waals surface area (Å²) in [6.45, 7) is 3.45. The summed E-state index contributed by atoms with van der Waals surface area (Å²) in [7, 11) is -3.28. The normalized spacial score (nSPS) is 17.9. The number of carbonyl (C=O) groups excluding carboxylic acids is 1. The lowest BCUT2D eigenvalue weighted by atomic mass is 9.84. The van der Waals surface area contributed by atoms with Gasteiger partial charge < -0.3 is 5.32 Å². The number of aromatic nitrogens is 3. The lowest BCUT2D eigenvalue weighted by Crippen LogP contribution is -2.23. The van der Waals surface area contributed by atoms with Crippen molar-refractivity contribution in [2.45, 2.75) is 69.5 Å². The van der Waals surface area contributed by atoms with E-state index in [0.717, 1.165) is 48.4 Å². The van der Waals surface area contributed by atoms with Crippen molar-refractivity contribution in [3.05, 3.63) is 63.6 Å². The van der Waals surface area contributed by atoms with E-state index in [1.54, 1.807) is 36.7 Å². The molecule has 1 amide bonds. The fourth-order valence-corrected chi connectivity index (χ4v) is 7.45. The minimum absolute atomic E-state index is 0.134. The van der Waals surface area contributed by atoms with Crippen molar-refractivity contribution in [1.82, 2.24) is 19.9 Å². The standard InChI is InChI=1S/C26H30ClN5O3S2/c1-2-21-25-22(15-32(21)16-23-28-13-19(27)14-29-23)36-26(31-25)30-24(33)12-18-6-8-20(9-7-18)37(34,35)11-10-17-4-3-5-17/h6-9,13-14,17,21H,2-5,10-12,15-16H2,1H3,(H,30,31,33)/t21-/m0/s1. The summed E-state index contributed by atoms with van der Waals surface area (Å²) < 4.78 is 25.2. The lowest BCUT2D eigenvalue weighted by molar-refractivity contribution is -0.115. The molecule has 2 aromatic heterocycles. The zero-order chi connectivity index (χ0) is 26.0. The van der Waals surface area contributed by atoms with Crippen LogP contribution in [-0.4, -0.2) is 39.9 Å². The number of benzene rings is 1. The molecule has 1 saturated carbocycles. The van der Waals surface area contributed by atoms with Crippen LogP contribution in [0.2, 0.25) is 5.02 Å². The first-order chi connectivity index (χ1) is 17.8. The Hall–Kier alpha value is -2.40. The quantitative estimate of drug-likeness (QED) is 0.364. The molecule has 0 unspecified atom stereocenters. The average Bonchev–Trinajstić information content (AvgIpc) is 3.36. The molecule has 1 N–H and O–H groups in total. The Morgan fingerprint density at radius 1 is 1.19 bits per heavy atom. The first-order valence-electron chi connectivity index (χ1n) is 12.6. The Morgan fingerprint density at radius 3 is 2.57 bits per heavy atom. The monoisotopic (exact) mass is 559 g/mol. The Bertz CT molecular complexity index is 1360. The van der Waals surface area contributed by atoms with Crippen LogP contribution in [-0.2, 0) is 34.1 Å². The minimum atomic E-state index is -3.28. The maximum atomic E-state index is 12.7. The van der Waals surface area contributed by atoms with Crippen molar-refractivity contribution >= 4 is 43.8 Å². The van der Waals surface area contributed by atoms with Crippen molar-refractivity contribution in [1.29, 1.82) is 0 Å². The van der Waals surface area contributed by atoms with Gasteiger partial charge in [-0.1, -0.05) is 49.9 Å². The summed E-state index contributed by atoms with van der Waals surface area (Å²) in [6.07, 6.45) is 8.47. The number of nitrogens with one attached hydrogen (secondary N) is 1. The van der Waals surface area contributed by atoms with Gasteiger partial charge in [0.1, 0.15) is 5.82 Å². The van der Waals surface area contributed by atoms with Crippen LogP contribution in [0.15, 0.2) is 41.6 Å². The topological polar surface area (TPSA) is 105 Å². The van der Waals surface area contributed by atoms with Gasteiger partial charge in [-0.25, -0.2) is 23.4 Å². The van der Waals surface area contributed by atoms with E-state index in [1.165, 1.54) is 17.8 Å². The Labute approximate surface area is 226 Å². The third-order valence-electron chi connectivity index (χ3n) is 7.15. The van der Waals surface area contributed by atoms with Gasteiger partial charge in [0.15, 0.2) is 15.0 Å². The molecule has 3 aromatic rings. The third kappa shape index (κ3) is 6.19. The van der Waals surface area contributed by atoms with Crippen molar-refractivity contribution in [3.8, 4) is 0 Å². The summed E-state index contributed by atoms with van der Waals surface area (Å²) in [5.74, 6) is 1.28. The molecule has 196 valence electrons. The molecule has 0 saturated heterocycles. The van der Waals surface area contributed by atoms with Gasteiger partial charge in [0.05, 0.1) is 40.4 Å². The number of amides is 1. The van der Waals surface area contributed by atoms with Crippen LogP contribution in [0.3, 0.4) is 0 Å². The SMILES string of the molecule is CC[C@H]1c2nc(NC(=O)Cc3ccc(S(=O)(=O)CCC4CCC4)cc3)sc2CN1Cc1ncc(Cl)cn1. The molecule has 8 nitrogen and oxygen atoms in total. The fraction of sp³-hybridized carbons (Fsp3) is 0.462. The van der Waals surface area contributed by atoms with E-state index in [9.17, 15) is 13.2 Å². The van der Waals surface area contributed by atoms with Crippen molar-refractivity contribution < 1.29 is 13.2 Å². The first kappa shape index (κ1) is 26.2. The van der Waals surface area contributed by atoms with Crippen LogP contribution in [0.5, 0.6) is 0 Å². The third-order valence-corrected chi connectivity index (χ3v) is 10.1. The highest BCUT2D eigenvalue weighted by atomic mass is 35.5. The molecule has 5 rings (SSSR count). The molecule has 0 bridgehead atoms. The zero-order valence-corrected chi connectivity index (χ0v) is 23.1. The van der Waals surface area contributed by atoms with Gasteiger partial charge in [-0.2, -0.15) is 0 Å². The van der Waals surface area contributed by atoms with Crippen LogP contribution >= 0.6 is 22.9 Å². The van der Waals surface area contributed by atoms with E-state index in [1.807, 2.05) is 0 Å². The first-order valence-corrected chi connectivity index (χ1v) is 15.5. The van der Waals surface area contributed by atoms with Crippen LogP contribution < -0.4 is 5.32 Å². The van der Waals surface area contributed by atoms with Gasteiger partial charge in [0, 0.05) is 23.8 Å². The lowest BCUT2D eigenvalue weighted by Gasteiger charge is -2.24. The highest BCUT2D eigenvalue weighted by Gasteiger charge is 2.33. The van der Waals surface area contributed by atoms with Crippen molar-refractivity contribution in [2.75, 3.05) is 11.1 Å². The van der Waals surface area contributed by atoms with Crippen LogP contribution in [0.1, 0.15) is 67.0 Å². The number of fused-ring (bicyclic) bond motifs is 1. The number of thiazole rings is 1. The average molecular weight is 560 g/mol. The fourth-order valence-electron chi connectivity index (χ4n) is 4.86. The summed E-state index contributed by atoms with van der Waals surface area (Å²) in [4.78, 5) is 29.8. The number of anilines is 1. The van der Waals surface area contributed by atoms with E-state index in [2.05, 4.69) is 27.1 Å². The molecule has 0 radical (unpaired) electrons. The van der Waals surface area contributed by atoms with Gasteiger partial charge >= 0.3 is 0 Å². The molecule has 11 heteroatoms. The van der Waals surface area contributed by atoms with Crippen LogP contribution in [0.4, 0.5) is 5.13 Å². The predicted molar refractivity (Wildman–Crippen MR) is 144 cm³/mol. The molecule has 1 atom stereocenters.